The molecule has 0 radical (unpaired) electrons. The second kappa shape index (κ2) is 6.23. The van der Waals surface area contributed by atoms with E-state index >= 15 is 0 Å². The first kappa shape index (κ1) is 12.7. The monoisotopic (exact) mass is 203 g/mol. The normalized spacial score (nSPS) is 9.79. The minimum atomic E-state index is -0.427. The molecule has 0 saturated heterocycles. The number of carbonyl (C=O) groups is 2. The fourth-order valence-electron chi connectivity index (χ4n) is 0.991. The fraction of sp³-hybridized carbons (Fsp3) is 0.778. The molecule has 0 aromatic carbocycles. The highest BCUT2D eigenvalue weighted by Gasteiger charge is 2.18. The minimum Gasteiger partial charge on any atom is -0.469 e. The van der Waals surface area contributed by atoms with Gasteiger partial charge in [0.25, 0.3) is 0 Å². The van der Waals surface area contributed by atoms with Gasteiger partial charge in [0, 0.05) is 12.6 Å². The van der Waals surface area contributed by atoms with E-state index in [0.717, 1.165) is 0 Å². The van der Waals surface area contributed by atoms with E-state index in [-0.39, 0.29) is 18.4 Å². The minimum absolute atomic E-state index is 0.00658. The zero-order valence-electron chi connectivity index (χ0n) is 9.07. The van der Waals surface area contributed by atoms with Gasteiger partial charge in [-0.2, -0.15) is 0 Å². The van der Waals surface area contributed by atoms with Gasteiger partial charge in [-0.05, 0) is 13.8 Å². The lowest BCUT2D eigenvalue weighted by molar-refractivity contribution is -0.140. The lowest BCUT2D eigenvalue weighted by Crippen LogP contribution is -2.38. The van der Waals surface area contributed by atoms with Crippen LogP contribution >= 0.6 is 0 Å². The third kappa shape index (κ3) is 4.11. The van der Waals surface area contributed by atoms with Gasteiger partial charge in [-0.1, -0.05) is 0 Å². The molecular weight excluding hydrogens is 186 g/mol. The largest absolute Gasteiger partial charge is 0.469 e. The SMILES string of the molecule is COC(=O)CCN(C(=O)OC)C(C)C. The van der Waals surface area contributed by atoms with Gasteiger partial charge in [-0.3, -0.25) is 4.79 Å². The molecule has 0 aliphatic heterocycles. The number of carbonyl (C=O) groups excluding carboxylic acids is 2. The van der Waals surface area contributed by atoms with Gasteiger partial charge in [0.1, 0.15) is 0 Å². The number of hydrogen-bond donors (Lipinski definition) is 0. The molecule has 0 spiro atoms. The number of hydrogen-bond acceptors (Lipinski definition) is 4. The predicted octanol–water partition coefficient (Wildman–Crippen LogP) is 1.03. The number of amides is 1. The van der Waals surface area contributed by atoms with Crippen molar-refractivity contribution in [3.63, 3.8) is 0 Å². The number of rotatable bonds is 4. The van der Waals surface area contributed by atoms with Gasteiger partial charge in [0.2, 0.25) is 0 Å². The van der Waals surface area contributed by atoms with Crippen LogP contribution in [0.25, 0.3) is 0 Å². The Bertz CT molecular complexity index is 203. The molecule has 14 heavy (non-hydrogen) atoms. The molecule has 0 aliphatic carbocycles. The molecule has 0 unspecified atom stereocenters. The van der Waals surface area contributed by atoms with Crippen LogP contribution in [0.2, 0.25) is 0 Å². The van der Waals surface area contributed by atoms with Crippen molar-refractivity contribution in [3.8, 4) is 0 Å². The Labute approximate surface area is 84.0 Å². The van der Waals surface area contributed by atoms with Crippen LogP contribution in [0.15, 0.2) is 0 Å². The molecule has 82 valence electrons. The maximum absolute atomic E-state index is 11.2. The molecule has 0 aliphatic rings. The number of esters is 1. The molecule has 1 amide bonds. The van der Waals surface area contributed by atoms with Gasteiger partial charge >= 0.3 is 12.1 Å². The highest BCUT2D eigenvalue weighted by Crippen LogP contribution is 2.02. The zero-order chi connectivity index (χ0) is 11.1. The fourth-order valence-corrected chi connectivity index (χ4v) is 0.991. The summed E-state index contributed by atoms with van der Waals surface area (Å²) in [7, 11) is 2.63. The van der Waals surface area contributed by atoms with Gasteiger partial charge in [-0.15, -0.1) is 0 Å². The molecule has 0 aromatic heterocycles. The Hall–Kier alpha value is -1.26. The Morgan fingerprint density at radius 1 is 1.21 bits per heavy atom. The van der Waals surface area contributed by atoms with Crippen LogP contribution in [0, 0.1) is 0 Å². The van der Waals surface area contributed by atoms with Gasteiger partial charge in [0.05, 0.1) is 20.6 Å². The first-order valence-corrected chi connectivity index (χ1v) is 4.44. The highest BCUT2D eigenvalue weighted by atomic mass is 16.5. The third-order valence-corrected chi connectivity index (χ3v) is 1.82. The summed E-state index contributed by atoms with van der Waals surface area (Å²) in [6.07, 6.45) is -0.243. The summed E-state index contributed by atoms with van der Waals surface area (Å²) in [5, 5.41) is 0. The topological polar surface area (TPSA) is 55.8 Å². The van der Waals surface area contributed by atoms with Crippen LogP contribution in [0.4, 0.5) is 4.79 Å². The summed E-state index contributed by atoms with van der Waals surface area (Å²) in [4.78, 5) is 23.5. The van der Waals surface area contributed by atoms with E-state index in [0.29, 0.717) is 6.54 Å². The first-order chi connectivity index (χ1) is 6.52. The maximum atomic E-state index is 11.2. The van der Waals surface area contributed by atoms with E-state index in [9.17, 15) is 9.59 Å². The smallest absolute Gasteiger partial charge is 0.409 e. The summed E-state index contributed by atoms with van der Waals surface area (Å²) in [6.45, 7) is 4.03. The molecule has 0 fully saturated rings. The van der Waals surface area contributed by atoms with Crippen molar-refractivity contribution in [1.29, 1.82) is 0 Å². The Kier molecular flexibility index (Phi) is 5.67. The summed E-state index contributed by atoms with van der Waals surface area (Å²) >= 11 is 0. The molecule has 0 atom stereocenters. The zero-order valence-corrected chi connectivity index (χ0v) is 9.07. The number of nitrogens with zero attached hydrogens (tertiary/aromatic N) is 1. The van der Waals surface area contributed by atoms with E-state index < -0.39 is 6.09 Å². The van der Waals surface area contributed by atoms with Crippen molar-refractivity contribution in [3.05, 3.63) is 0 Å². The van der Waals surface area contributed by atoms with E-state index in [2.05, 4.69) is 9.47 Å². The van der Waals surface area contributed by atoms with Crippen LogP contribution in [-0.2, 0) is 14.3 Å². The molecule has 5 heteroatoms. The number of methoxy groups -OCH3 is 2. The van der Waals surface area contributed by atoms with Crippen LogP contribution in [0.5, 0.6) is 0 Å². The van der Waals surface area contributed by atoms with Crippen LogP contribution in [0.1, 0.15) is 20.3 Å². The molecule has 0 aromatic rings. The molecular formula is C9H17NO4. The van der Waals surface area contributed by atoms with Crippen LogP contribution in [-0.4, -0.2) is 43.8 Å². The molecule has 0 rings (SSSR count). The summed E-state index contributed by atoms with van der Waals surface area (Å²) in [5.41, 5.74) is 0. The predicted molar refractivity (Wildman–Crippen MR) is 50.9 cm³/mol. The highest BCUT2D eigenvalue weighted by molar-refractivity contribution is 5.71. The van der Waals surface area contributed by atoms with Gasteiger partial charge in [-0.25, -0.2) is 4.79 Å². The van der Waals surface area contributed by atoms with Crippen LogP contribution in [0.3, 0.4) is 0 Å². The quantitative estimate of drug-likeness (QED) is 0.640. The van der Waals surface area contributed by atoms with Crippen molar-refractivity contribution in [1.82, 2.24) is 4.90 Å². The van der Waals surface area contributed by atoms with Crippen molar-refractivity contribution in [2.45, 2.75) is 26.3 Å². The Morgan fingerprint density at radius 3 is 2.14 bits per heavy atom. The van der Waals surface area contributed by atoms with Crippen molar-refractivity contribution < 1.29 is 19.1 Å². The molecule has 0 heterocycles. The second-order valence-electron chi connectivity index (χ2n) is 3.08. The lowest BCUT2D eigenvalue weighted by Gasteiger charge is -2.24. The number of ether oxygens (including phenoxy) is 2. The van der Waals surface area contributed by atoms with Crippen LogP contribution < -0.4 is 0 Å². The average Bonchev–Trinajstić information content (AvgIpc) is 2.16. The molecule has 0 N–H and O–H groups in total. The van der Waals surface area contributed by atoms with Gasteiger partial charge in [0.15, 0.2) is 0 Å². The molecule has 0 saturated carbocycles. The third-order valence-electron chi connectivity index (χ3n) is 1.82. The summed E-state index contributed by atoms with van der Waals surface area (Å²) in [6, 6.07) is 0.00658. The maximum Gasteiger partial charge on any atom is 0.409 e. The molecule has 0 bridgehead atoms. The average molecular weight is 203 g/mol. The Balaban J connectivity index is 4.11. The molecule has 5 nitrogen and oxygen atoms in total. The van der Waals surface area contributed by atoms with E-state index in [1.54, 1.807) is 0 Å². The van der Waals surface area contributed by atoms with Crippen molar-refractivity contribution in [2.24, 2.45) is 0 Å². The standard InChI is InChI=1S/C9H17NO4/c1-7(2)10(9(12)14-4)6-5-8(11)13-3/h7H,5-6H2,1-4H3. The van der Waals surface area contributed by atoms with E-state index in [4.69, 9.17) is 0 Å². The Morgan fingerprint density at radius 2 is 1.79 bits per heavy atom. The van der Waals surface area contributed by atoms with E-state index in [1.807, 2.05) is 13.8 Å². The summed E-state index contributed by atoms with van der Waals surface area (Å²) < 4.78 is 9.05. The first-order valence-electron chi connectivity index (χ1n) is 4.44. The van der Waals surface area contributed by atoms with Crippen molar-refractivity contribution in [2.75, 3.05) is 20.8 Å². The van der Waals surface area contributed by atoms with Gasteiger partial charge < -0.3 is 14.4 Å². The van der Waals surface area contributed by atoms with E-state index in [1.165, 1.54) is 19.1 Å². The second-order valence-corrected chi connectivity index (χ2v) is 3.08. The summed E-state index contributed by atoms with van der Waals surface area (Å²) in [5.74, 6) is -0.334. The lowest BCUT2D eigenvalue weighted by atomic mass is 10.3. The van der Waals surface area contributed by atoms with Crippen molar-refractivity contribution >= 4 is 12.1 Å².